The Morgan fingerprint density at radius 1 is 1.25 bits per heavy atom. The van der Waals surface area contributed by atoms with Gasteiger partial charge in [0.05, 0.1) is 24.7 Å². The van der Waals surface area contributed by atoms with E-state index in [1.54, 1.807) is 0 Å². The Labute approximate surface area is 121 Å². The van der Waals surface area contributed by atoms with Gasteiger partial charge in [0.15, 0.2) is 6.10 Å². The van der Waals surface area contributed by atoms with Crippen LogP contribution in [0.3, 0.4) is 0 Å². The molecule has 0 amide bonds. The highest BCUT2D eigenvalue weighted by Gasteiger charge is 2.62. The molecule has 4 nitrogen and oxygen atoms in total. The molecule has 4 heteroatoms. The van der Waals surface area contributed by atoms with Crippen LogP contribution in [0.15, 0.2) is 0 Å². The van der Waals surface area contributed by atoms with Crippen molar-refractivity contribution in [3.8, 4) is 18.4 Å². The molecule has 0 aromatic carbocycles. The van der Waals surface area contributed by atoms with Gasteiger partial charge in [-0.25, -0.2) is 0 Å². The van der Waals surface area contributed by atoms with Crippen molar-refractivity contribution in [2.75, 3.05) is 13.2 Å². The molecule has 0 aliphatic carbocycles. The number of hydrogen-bond acceptors (Lipinski definition) is 4. The van der Waals surface area contributed by atoms with Crippen LogP contribution in [0.1, 0.15) is 46.5 Å². The minimum Gasteiger partial charge on any atom is -0.327 e. The first-order valence-corrected chi connectivity index (χ1v) is 7.18. The zero-order valence-corrected chi connectivity index (χ0v) is 12.6. The molecule has 0 radical (unpaired) electrons. The minimum absolute atomic E-state index is 0.122. The van der Waals surface area contributed by atoms with E-state index in [-0.39, 0.29) is 5.41 Å². The van der Waals surface area contributed by atoms with Gasteiger partial charge in [-0.3, -0.25) is 0 Å². The van der Waals surface area contributed by atoms with Crippen molar-refractivity contribution in [3.63, 3.8) is 0 Å². The molecule has 3 aliphatic heterocycles. The van der Waals surface area contributed by atoms with Gasteiger partial charge in [-0.15, -0.1) is 12.3 Å². The van der Waals surface area contributed by atoms with E-state index in [2.05, 4.69) is 32.8 Å². The summed E-state index contributed by atoms with van der Waals surface area (Å²) in [6.07, 6.45) is 7.89. The Morgan fingerprint density at radius 2 is 1.90 bits per heavy atom. The van der Waals surface area contributed by atoms with Crippen LogP contribution >= 0.6 is 0 Å². The molecule has 3 aliphatic rings. The van der Waals surface area contributed by atoms with E-state index in [9.17, 15) is 5.26 Å². The third-order valence-corrected chi connectivity index (χ3v) is 4.56. The number of nitrogens with zero attached hydrogens (tertiary/aromatic N) is 1. The molecule has 3 fully saturated rings. The second-order valence-corrected chi connectivity index (χ2v) is 6.70. The fourth-order valence-corrected chi connectivity index (χ4v) is 2.82. The normalized spacial score (nSPS) is 36.4. The Balaban J connectivity index is 2.07. The maximum absolute atomic E-state index is 9.45. The molecule has 110 valence electrons. The fourth-order valence-electron chi connectivity index (χ4n) is 2.82. The zero-order chi connectivity index (χ0) is 14.9. The number of terminal acetylenes is 1. The van der Waals surface area contributed by atoms with Gasteiger partial charge in [-0.2, -0.15) is 5.26 Å². The summed E-state index contributed by atoms with van der Waals surface area (Å²) >= 11 is 0. The Hall–Kier alpha value is -1.07. The van der Waals surface area contributed by atoms with Gasteiger partial charge >= 0.3 is 0 Å². The lowest BCUT2D eigenvalue weighted by Crippen LogP contribution is -2.68. The number of rotatable bonds is 4. The van der Waals surface area contributed by atoms with Gasteiger partial charge in [-0.05, 0) is 18.3 Å². The van der Waals surface area contributed by atoms with Crippen LogP contribution in [-0.4, -0.2) is 25.3 Å². The topological polar surface area (TPSA) is 51.5 Å². The lowest BCUT2D eigenvalue weighted by Gasteiger charge is -2.59. The summed E-state index contributed by atoms with van der Waals surface area (Å²) in [7, 11) is 0. The lowest BCUT2D eigenvalue weighted by atomic mass is 9.63. The van der Waals surface area contributed by atoms with Crippen LogP contribution in [0, 0.1) is 34.5 Å². The Bertz CT molecular complexity index is 430. The fraction of sp³-hybridized carbons (Fsp3) is 0.812. The SMILES string of the molecule is C#CCCCCC12OCC(C(C)(C)C)(CO1)C(C#N)O2. The summed E-state index contributed by atoms with van der Waals surface area (Å²) in [6.45, 7) is 7.30. The molecule has 0 aromatic rings. The average Bonchev–Trinajstić information content (AvgIpc) is 2.43. The highest BCUT2D eigenvalue weighted by atomic mass is 16.9. The van der Waals surface area contributed by atoms with Gasteiger partial charge in [-0.1, -0.05) is 20.8 Å². The van der Waals surface area contributed by atoms with E-state index in [0.717, 1.165) is 19.3 Å². The van der Waals surface area contributed by atoms with Crippen molar-refractivity contribution in [2.45, 2.75) is 58.5 Å². The van der Waals surface area contributed by atoms with Crippen LogP contribution in [0.25, 0.3) is 0 Å². The van der Waals surface area contributed by atoms with Crippen LogP contribution in [0.2, 0.25) is 0 Å². The molecule has 2 bridgehead atoms. The number of hydrogen-bond donors (Lipinski definition) is 0. The highest BCUT2D eigenvalue weighted by molar-refractivity contribution is 5.10. The average molecular weight is 277 g/mol. The highest BCUT2D eigenvalue weighted by Crippen LogP contribution is 2.53. The quantitative estimate of drug-likeness (QED) is 0.585. The molecule has 3 saturated heterocycles. The minimum atomic E-state index is -1.04. The smallest absolute Gasteiger partial charge is 0.284 e. The molecule has 0 N–H and O–H groups in total. The molecule has 20 heavy (non-hydrogen) atoms. The van der Waals surface area contributed by atoms with Crippen molar-refractivity contribution < 1.29 is 14.2 Å². The third-order valence-electron chi connectivity index (χ3n) is 4.56. The monoisotopic (exact) mass is 277 g/mol. The molecular formula is C16H23NO3. The van der Waals surface area contributed by atoms with Crippen LogP contribution in [0.4, 0.5) is 0 Å². The van der Waals surface area contributed by atoms with Crippen molar-refractivity contribution >= 4 is 0 Å². The largest absolute Gasteiger partial charge is 0.327 e. The maximum Gasteiger partial charge on any atom is 0.284 e. The predicted octanol–water partition coefficient (Wildman–Crippen LogP) is 2.84. The van der Waals surface area contributed by atoms with Gasteiger partial charge < -0.3 is 14.2 Å². The van der Waals surface area contributed by atoms with Crippen molar-refractivity contribution in [1.82, 2.24) is 0 Å². The van der Waals surface area contributed by atoms with Gasteiger partial charge in [0.2, 0.25) is 0 Å². The molecule has 0 saturated carbocycles. The Morgan fingerprint density at radius 3 is 2.40 bits per heavy atom. The van der Waals surface area contributed by atoms with E-state index in [1.165, 1.54) is 0 Å². The summed E-state index contributed by atoms with van der Waals surface area (Å²) in [5, 5.41) is 9.45. The molecule has 1 unspecified atom stereocenters. The number of nitriles is 1. The van der Waals surface area contributed by atoms with E-state index in [4.69, 9.17) is 20.6 Å². The summed E-state index contributed by atoms with van der Waals surface area (Å²) in [4.78, 5) is 0. The van der Waals surface area contributed by atoms with Crippen LogP contribution in [-0.2, 0) is 14.2 Å². The summed E-state index contributed by atoms with van der Waals surface area (Å²) in [6, 6.07) is 2.29. The van der Waals surface area contributed by atoms with E-state index in [0.29, 0.717) is 19.6 Å². The van der Waals surface area contributed by atoms with Gasteiger partial charge in [0.1, 0.15) is 0 Å². The number of fused-ring (bicyclic) bond motifs is 3. The van der Waals surface area contributed by atoms with Crippen molar-refractivity contribution in [2.24, 2.45) is 10.8 Å². The molecule has 3 heterocycles. The van der Waals surface area contributed by atoms with E-state index < -0.39 is 17.5 Å². The summed E-state index contributed by atoms with van der Waals surface area (Å²) < 4.78 is 17.6. The first kappa shape index (κ1) is 15.3. The predicted molar refractivity (Wildman–Crippen MR) is 74.3 cm³/mol. The second-order valence-electron chi connectivity index (χ2n) is 6.70. The van der Waals surface area contributed by atoms with Gasteiger partial charge in [0, 0.05) is 12.8 Å². The maximum atomic E-state index is 9.45. The standard InChI is InChI=1S/C16H23NO3/c1-5-6-7-8-9-16-18-11-15(12-19-16,14(2,3)4)13(10-17)20-16/h1,13H,6-9,11-12H2,2-4H3. The summed E-state index contributed by atoms with van der Waals surface area (Å²) in [5.41, 5.74) is -0.522. The Kier molecular flexibility index (Phi) is 4.12. The first-order valence-electron chi connectivity index (χ1n) is 7.18. The molecule has 1 atom stereocenters. The van der Waals surface area contributed by atoms with Crippen LogP contribution < -0.4 is 0 Å². The van der Waals surface area contributed by atoms with Crippen LogP contribution in [0.5, 0.6) is 0 Å². The number of unbranched alkanes of at least 4 members (excludes halogenated alkanes) is 2. The lowest BCUT2D eigenvalue weighted by molar-refractivity contribution is -0.492. The van der Waals surface area contributed by atoms with Crippen molar-refractivity contribution in [1.29, 1.82) is 5.26 Å². The van der Waals surface area contributed by atoms with Crippen molar-refractivity contribution in [3.05, 3.63) is 0 Å². The zero-order valence-electron chi connectivity index (χ0n) is 12.6. The second kappa shape index (κ2) is 5.37. The molecular weight excluding hydrogens is 254 g/mol. The number of ether oxygens (including phenoxy) is 3. The molecule has 0 spiro atoms. The van der Waals surface area contributed by atoms with E-state index >= 15 is 0 Å². The van der Waals surface area contributed by atoms with Gasteiger partial charge in [0.25, 0.3) is 5.97 Å². The van der Waals surface area contributed by atoms with E-state index in [1.807, 2.05) is 0 Å². The molecule has 3 rings (SSSR count). The molecule has 0 aromatic heterocycles. The third kappa shape index (κ3) is 2.44. The first-order chi connectivity index (χ1) is 9.39. The summed E-state index contributed by atoms with van der Waals surface area (Å²) in [5.74, 6) is 1.58.